The number of hydrogen-bond donors (Lipinski definition) is 1. The highest BCUT2D eigenvalue weighted by Crippen LogP contribution is 2.36. The maximum absolute atomic E-state index is 12.7. The lowest BCUT2D eigenvalue weighted by atomic mass is 10.1. The number of alkyl halides is 6. The molecular formula is C19H23F6N3O3. The van der Waals surface area contributed by atoms with Crippen LogP contribution >= 0.6 is 0 Å². The minimum atomic E-state index is -5.74. The van der Waals surface area contributed by atoms with Crippen molar-refractivity contribution in [2.24, 2.45) is 0 Å². The van der Waals surface area contributed by atoms with E-state index in [0.29, 0.717) is 19.8 Å². The Bertz CT molecular complexity index is 721. The summed E-state index contributed by atoms with van der Waals surface area (Å²) in [5.74, 6) is -1.56. The molecule has 1 N–H and O–H groups in total. The second-order valence-corrected chi connectivity index (χ2v) is 7.36. The molecule has 1 atom stereocenters. The average Bonchev–Trinajstić information content (AvgIpc) is 2.72. The Kier molecular flexibility index (Phi) is 7.32. The first-order valence-electron chi connectivity index (χ1n) is 9.76. The lowest BCUT2D eigenvalue weighted by molar-refractivity contribution is -0.314. The Morgan fingerprint density at radius 3 is 2.26 bits per heavy atom. The van der Waals surface area contributed by atoms with Crippen LogP contribution in [0.5, 0.6) is 0 Å². The molecular weight excluding hydrogens is 432 g/mol. The summed E-state index contributed by atoms with van der Waals surface area (Å²) in [5.41, 5.74) is 1.77. The number of carbonyl (C=O) groups is 1. The van der Waals surface area contributed by atoms with Gasteiger partial charge in [-0.05, 0) is 17.7 Å². The second-order valence-electron chi connectivity index (χ2n) is 7.36. The van der Waals surface area contributed by atoms with Gasteiger partial charge < -0.3 is 19.7 Å². The van der Waals surface area contributed by atoms with Crippen LogP contribution in [0.15, 0.2) is 24.3 Å². The molecule has 2 heterocycles. The van der Waals surface area contributed by atoms with Crippen LogP contribution in [0.4, 0.5) is 32.0 Å². The third-order valence-electron chi connectivity index (χ3n) is 5.15. The van der Waals surface area contributed by atoms with E-state index in [1.807, 2.05) is 24.3 Å². The van der Waals surface area contributed by atoms with Gasteiger partial charge in [0.2, 0.25) is 0 Å². The molecule has 174 valence electrons. The Balaban J connectivity index is 1.66. The van der Waals surface area contributed by atoms with Crippen LogP contribution in [0.1, 0.15) is 5.56 Å². The van der Waals surface area contributed by atoms with E-state index >= 15 is 0 Å². The van der Waals surface area contributed by atoms with E-state index in [1.165, 1.54) is 4.90 Å². The molecule has 0 radical (unpaired) electrons. The van der Waals surface area contributed by atoms with Crippen molar-refractivity contribution >= 4 is 11.7 Å². The number of nitrogens with zero attached hydrogens (tertiary/aromatic N) is 2. The van der Waals surface area contributed by atoms with Gasteiger partial charge in [0, 0.05) is 45.0 Å². The number of carbonyl (C=O) groups excluding carboxylic acids is 1. The van der Waals surface area contributed by atoms with E-state index in [-0.39, 0.29) is 19.6 Å². The average molecular weight is 455 g/mol. The molecule has 1 aromatic rings. The smallest absolute Gasteiger partial charge is 0.434 e. The number of nitrogens with one attached hydrogen (secondary N) is 1. The van der Waals surface area contributed by atoms with Crippen molar-refractivity contribution in [2.75, 3.05) is 50.8 Å². The standard InChI is InChI=1S/C19H23F6N3O3/c20-18(21,22)17(19(23,24)25)31-16(29)15-11-26-5-6-28(15)12-13-1-3-14(4-2-13)27-7-9-30-10-8-27/h1-4,15,17,26H,5-12H2. The monoisotopic (exact) mass is 455 g/mol. The highest BCUT2D eigenvalue weighted by molar-refractivity contribution is 5.76. The number of benzene rings is 1. The lowest BCUT2D eigenvalue weighted by Gasteiger charge is -2.35. The van der Waals surface area contributed by atoms with Crippen LogP contribution in [0.25, 0.3) is 0 Å². The summed E-state index contributed by atoms with van der Waals surface area (Å²) >= 11 is 0. The molecule has 0 bridgehead atoms. The fourth-order valence-electron chi connectivity index (χ4n) is 3.55. The summed E-state index contributed by atoms with van der Waals surface area (Å²) in [5, 5.41) is 2.81. The minimum Gasteiger partial charge on any atom is -0.442 e. The van der Waals surface area contributed by atoms with E-state index in [1.54, 1.807) is 0 Å². The molecule has 12 heteroatoms. The summed E-state index contributed by atoms with van der Waals surface area (Å²) < 4.78 is 85.6. The zero-order chi connectivity index (χ0) is 22.6. The molecule has 2 aliphatic heterocycles. The summed E-state index contributed by atoms with van der Waals surface area (Å²) in [7, 11) is 0. The molecule has 1 unspecified atom stereocenters. The number of rotatable bonds is 5. The first kappa shape index (κ1) is 23.6. The lowest BCUT2D eigenvalue weighted by Crippen LogP contribution is -2.57. The molecule has 0 saturated carbocycles. The van der Waals surface area contributed by atoms with E-state index < -0.39 is 30.5 Å². The van der Waals surface area contributed by atoms with Crippen molar-refractivity contribution < 1.29 is 40.6 Å². The first-order chi connectivity index (χ1) is 14.6. The van der Waals surface area contributed by atoms with Gasteiger partial charge in [0.25, 0.3) is 6.10 Å². The summed E-state index contributed by atoms with van der Waals surface area (Å²) in [6.45, 7) is 3.56. The molecule has 31 heavy (non-hydrogen) atoms. The molecule has 3 rings (SSSR count). The highest BCUT2D eigenvalue weighted by atomic mass is 19.4. The molecule has 0 spiro atoms. The molecule has 1 aromatic carbocycles. The zero-order valence-corrected chi connectivity index (χ0v) is 16.5. The number of ether oxygens (including phenoxy) is 2. The predicted octanol–water partition coefficient (Wildman–Crippen LogP) is 2.33. The molecule has 0 aliphatic carbocycles. The van der Waals surface area contributed by atoms with Crippen molar-refractivity contribution in [3.8, 4) is 0 Å². The predicted molar refractivity (Wildman–Crippen MR) is 98.5 cm³/mol. The normalized spacial score (nSPS) is 21.4. The van der Waals surface area contributed by atoms with Gasteiger partial charge in [-0.3, -0.25) is 9.69 Å². The number of hydrogen-bond acceptors (Lipinski definition) is 6. The Hall–Kier alpha value is -2.05. The third kappa shape index (κ3) is 6.23. The number of halogens is 6. The molecule has 0 amide bonds. The number of anilines is 1. The highest BCUT2D eigenvalue weighted by Gasteiger charge is 2.60. The summed E-state index contributed by atoms with van der Waals surface area (Å²) in [6.07, 6.45) is -15.6. The van der Waals surface area contributed by atoms with E-state index in [9.17, 15) is 31.1 Å². The van der Waals surface area contributed by atoms with Crippen LogP contribution in [-0.2, 0) is 20.8 Å². The van der Waals surface area contributed by atoms with Gasteiger partial charge in [-0.1, -0.05) is 12.1 Å². The van der Waals surface area contributed by atoms with Crippen LogP contribution in [-0.4, -0.2) is 81.3 Å². The van der Waals surface area contributed by atoms with Gasteiger partial charge in [-0.25, -0.2) is 0 Å². The van der Waals surface area contributed by atoms with Crippen molar-refractivity contribution in [1.29, 1.82) is 0 Å². The maximum Gasteiger partial charge on any atom is 0.434 e. The van der Waals surface area contributed by atoms with Crippen molar-refractivity contribution in [3.05, 3.63) is 29.8 Å². The van der Waals surface area contributed by atoms with Gasteiger partial charge in [-0.15, -0.1) is 0 Å². The van der Waals surface area contributed by atoms with Gasteiger partial charge in [-0.2, -0.15) is 26.3 Å². The number of piperazine rings is 1. The van der Waals surface area contributed by atoms with E-state index in [4.69, 9.17) is 4.74 Å². The molecule has 6 nitrogen and oxygen atoms in total. The van der Waals surface area contributed by atoms with Gasteiger partial charge in [0.1, 0.15) is 6.04 Å². The van der Waals surface area contributed by atoms with Crippen molar-refractivity contribution in [1.82, 2.24) is 10.2 Å². The Morgan fingerprint density at radius 1 is 1.06 bits per heavy atom. The summed E-state index contributed by atoms with van der Waals surface area (Å²) in [6, 6.07) is 6.16. The summed E-state index contributed by atoms with van der Waals surface area (Å²) in [4.78, 5) is 15.9. The minimum absolute atomic E-state index is 0.104. The van der Waals surface area contributed by atoms with Crippen molar-refractivity contribution in [3.63, 3.8) is 0 Å². The fourth-order valence-corrected chi connectivity index (χ4v) is 3.55. The van der Waals surface area contributed by atoms with Crippen LogP contribution in [0.3, 0.4) is 0 Å². The largest absolute Gasteiger partial charge is 0.442 e. The molecule has 2 aliphatic rings. The second kappa shape index (κ2) is 9.61. The van der Waals surface area contributed by atoms with Gasteiger partial charge in [0.05, 0.1) is 13.2 Å². The zero-order valence-electron chi connectivity index (χ0n) is 16.5. The van der Waals surface area contributed by atoms with Gasteiger partial charge >= 0.3 is 18.3 Å². The van der Waals surface area contributed by atoms with Crippen LogP contribution in [0, 0.1) is 0 Å². The topological polar surface area (TPSA) is 54.0 Å². The van der Waals surface area contributed by atoms with Crippen molar-refractivity contribution in [2.45, 2.75) is 31.0 Å². The van der Waals surface area contributed by atoms with E-state index in [2.05, 4.69) is 15.0 Å². The quantitative estimate of drug-likeness (QED) is 0.544. The first-order valence-corrected chi connectivity index (χ1v) is 9.76. The van der Waals surface area contributed by atoms with Crippen LogP contribution in [0.2, 0.25) is 0 Å². The van der Waals surface area contributed by atoms with Gasteiger partial charge in [0.15, 0.2) is 0 Å². The SMILES string of the molecule is O=C(OC(C(F)(F)F)C(F)(F)F)C1CNCCN1Cc1ccc(N2CCOCC2)cc1. The van der Waals surface area contributed by atoms with Crippen LogP contribution < -0.4 is 10.2 Å². The Morgan fingerprint density at radius 2 is 1.68 bits per heavy atom. The third-order valence-corrected chi connectivity index (χ3v) is 5.15. The molecule has 2 saturated heterocycles. The van der Waals surface area contributed by atoms with E-state index in [0.717, 1.165) is 24.3 Å². The molecule has 0 aromatic heterocycles. The molecule has 2 fully saturated rings. The number of esters is 1. The Labute approximate surface area is 175 Å². The number of morpholine rings is 1. The maximum atomic E-state index is 12.7. The fraction of sp³-hybridized carbons (Fsp3) is 0.632.